The molecule has 0 atom stereocenters. The van der Waals surface area contributed by atoms with Crippen LogP contribution in [0.3, 0.4) is 0 Å². The fourth-order valence-corrected chi connectivity index (χ4v) is 2.33. The molecule has 0 aliphatic rings. The molecule has 0 aliphatic heterocycles. The largest absolute Gasteiger partial charge is 0.440 e. The van der Waals surface area contributed by atoms with E-state index in [-0.39, 0.29) is 0 Å². The maximum Gasteiger partial charge on any atom is 0.226 e. The third-order valence-electron chi connectivity index (χ3n) is 3.13. The van der Waals surface area contributed by atoms with Gasteiger partial charge >= 0.3 is 0 Å². The highest BCUT2D eigenvalue weighted by Crippen LogP contribution is 2.24. The van der Waals surface area contributed by atoms with Gasteiger partial charge in [0.1, 0.15) is 5.76 Å². The fourth-order valence-electron chi connectivity index (χ4n) is 2.12. The van der Waals surface area contributed by atoms with Crippen molar-refractivity contribution < 1.29 is 4.42 Å². The second-order valence-corrected chi connectivity index (χ2v) is 4.82. The Balaban J connectivity index is 1.93. The van der Waals surface area contributed by atoms with Gasteiger partial charge in [-0.3, -0.25) is 0 Å². The van der Waals surface area contributed by atoms with Gasteiger partial charge in [-0.1, -0.05) is 48.5 Å². The van der Waals surface area contributed by atoms with Gasteiger partial charge in [-0.2, -0.15) is 0 Å². The molecule has 0 amide bonds. The summed E-state index contributed by atoms with van der Waals surface area (Å²) >= 11 is 5.97. The van der Waals surface area contributed by atoms with Gasteiger partial charge in [-0.05, 0) is 17.7 Å². The van der Waals surface area contributed by atoms with Crippen LogP contribution in [0.1, 0.15) is 17.0 Å². The Bertz CT molecular complexity index is 677. The number of oxazole rings is 1. The monoisotopic (exact) mass is 283 g/mol. The van der Waals surface area contributed by atoms with E-state index in [1.54, 1.807) is 0 Å². The summed E-state index contributed by atoms with van der Waals surface area (Å²) in [5.74, 6) is 1.71. The number of alkyl halides is 1. The van der Waals surface area contributed by atoms with Crippen LogP contribution in [0.4, 0.5) is 0 Å². The molecule has 1 heterocycles. The van der Waals surface area contributed by atoms with Crippen LogP contribution >= 0.6 is 11.6 Å². The molecule has 2 nitrogen and oxygen atoms in total. The lowest BCUT2D eigenvalue weighted by Crippen LogP contribution is -1.92. The first-order valence-corrected chi connectivity index (χ1v) is 7.04. The van der Waals surface area contributed by atoms with Gasteiger partial charge in [0.15, 0.2) is 0 Å². The van der Waals surface area contributed by atoms with Crippen LogP contribution in [0.15, 0.2) is 65.1 Å². The Morgan fingerprint density at radius 1 is 0.900 bits per heavy atom. The first-order valence-electron chi connectivity index (χ1n) is 6.50. The lowest BCUT2D eigenvalue weighted by molar-refractivity contribution is 0.535. The van der Waals surface area contributed by atoms with Gasteiger partial charge in [-0.25, -0.2) is 4.98 Å². The predicted octanol–water partition coefficient (Wildman–Crippen LogP) is 4.67. The van der Waals surface area contributed by atoms with Gasteiger partial charge in [-0.15, -0.1) is 11.6 Å². The lowest BCUT2D eigenvalue weighted by Gasteiger charge is -1.98. The third kappa shape index (κ3) is 2.75. The molecule has 20 heavy (non-hydrogen) atoms. The van der Waals surface area contributed by atoms with Crippen molar-refractivity contribution in [2.75, 3.05) is 0 Å². The summed E-state index contributed by atoms with van der Waals surface area (Å²) in [6.45, 7) is 0. The maximum absolute atomic E-state index is 5.97. The smallest absolute Gasteiger partial charge is 0.226 e. The van der Waals surface area contributed by atoms with Crippen molar-refractivity contribution in [1.29, 1.82) is 0 Å². The van der Waals surface area contributed by atoms with Crippen LogP contribution in [-0.2, 0) is 12.3 Å². The van der Waals surface area contributed by atoms with E-state index in [4.69, 9.17) is 16.0 Å². The molecule has 0 fully saturated rings. The molecule has 0 saturated heterocycles. The zero-order chi connectivity index (χ0) is 13.8. The zero-order valence-corrected chi connectivity index (χ0v) is 11.7. The molecule has 0 spiro atoms. The van der Waals surface area contributed by atoms with Crippen molar-refractivity contribution in [3.05, 3.63) is 77.7 Å². The predicted molar refractivity (Wildman–Crippen MR) is 80.7 cm³/mol. The van der Waals surface area contributed by atoms with Crippen molar-refractivity contribution in [1.82, 2.24) is 4.98 Å². The van der Waals surface area contributed by atoms with Crippen LogP contribution in [0, 0.1) is 0 Å². The first-order chi connectivity index (χ1) is 9.86. The molecule has 0 bridgehead atoms. The molecule has 3 heteroatoms. The minimum atomic E-state index is 0.335. The summed E-state index contributed by atoms with van der Waals surface area (Å²) in [7, 11) is 0. The highest BCUT2D eigenvalue weighted by atomic mass is 35.5. The van der Waals surface area contributed by atoms with E-state index in [0.717, 1.165) is 23.4 Å². The highest BCUT2D eigenvalue weighted by molar-refractivity contribution is 6.16. The number of hydrogen-bond donors (Lipinski definition) is 0. The van der Waals surface area contributed by atoms with E-state index in [1.807, 2.05) is 48.5 Å². The molecule has 1 aromatic heterocycles. The molecular weight excluding hydrogens is 270 g/mol. The van der Waals surface area contributed by atoms with Crippen LogP contribution in [0.5, 0.6) is 0 Å². The molecule has 0 N–H and O–H groups in total. The average molecular weight is 284 g/mol. The molecule has 100 valence electrons. The van der Waals surface area contributed by atoms with Gasteiger partial charge in [0.05, 0.1) is 11.6 Å². The Morgan fingerprint density at radius 3 is 2.20 bits per heavy atom. The molecule has 0 unspecified atom stereocenters. The maximum atomic E-state index is 5.97. The molecule has 0 radical (unpaired) electrons. The van der Waals surface area contributed by atoms with Crippen LogP contribution in [0.25, 0.3) is 11.5 Å². The van der Waals surface area contributed by atoms with Crippen LogP contribution < -0.4 is 0 Å². The summed E-state index contributed by atoms with van der Waals surface area (Å²) in [4.78, 5) is 4.60. The topological polar surface area (TPSA) is 26.0 Å². The van der Waals surface area contributed by atoms with Crippen molar-refractivity contribution in [3.8, 4) is 11.5 Å². The summed E-state index contributed by atoms with van der Waals surface area (Å²) in [5.41, 5.74) is 3.08. The lowest BCUT2D eigenvalue weighted by atomic mass is 10.1. The van der Waals surface area contributed by atoms with E-state index < -0.39 is 0 Å². The molecule has 3 aromatic rings. The van der Waals surface area contributed by atoms with Crippen molar-refractivity contribution >= 4 is 11.6 Å². The highest BCUT2D eigenvalue weighted by Gasteiger charge is 2.14. The van der Waals surface area contributed by atoms with E-state index >= 15 is 0 Å². The summed E-state index contributed by atoms with van der Waals surface area (Å²) in [6, 6.07) is 20.1. The summed E-state index contributed by atoms with van der Waals surface area (Å²) < 4.78 is 5.78. The van der Waals surface area contributed by atoms with Gasteiger partial charge < -0.3 is 4.42 Å². The van der Waals surface area contributed by atoms with E-state index in [9.17, 15) is 0 Å². The number of hydrogen-bond acceptors (Lipinski definition) is 2. The molecule has 0 aliphatic carbocycles. The number of rotatable bonds is 4. The first kappa shape index (κ1) is 12.9. The standard InChI is InChI=1S/C17H14ClNO/c18-12-16-15(11-13-7-3-1-4-8-13)19-17(20-16)14-9-5-2-6-10-14/h1-10H,11-12H2. The molecule has 3 rings (SSSR count). The van der Waals surface area contributed by atoms with Gasteiger partial charge in [0.25, 0.3) is 0 Å². The number of aromatic nitrogens is 1. The quantitative estimate of drug-likeness (QED) is 0.650. The fraction of sp³-hybridized carbons (Fsp3) is 0.118. The van der Waals surface area contributed by atoms with Gasteiger partial charge in [0.2, 0.25) is 5.89 Å². The Hall–Kier alpha value is -2.06. The number of halogens is 1. The summed E-state index contributed by atoms with van der Waals surface area (Å²) in [6.07, 6.45) is 0.735. The van der Waals surface area contributed by atoms with E-state index in [0.29, 0.717) is 11.8 Å². The minimum absolute atomic E-state index is 0.335. The zero-order valence-electron chi connectivity index (χ0n) is 10.9. The third-order valence-corrected chi connectivity index (χ3v) is 3.38. The minimum Gasteiger partial charge on any atom is -0.440 e. The Labute approximate surface area is 123 Å². The second kappa shape index (κ2) is 5.93. The second-order valence-electron chi connectivity index (χ2n) is 4.55. The van der Waals surface area contributed by atoms with Crippen molar-refractivity contribution in [2.45, 2.75) is 12.3 Å². The van der Waals surface area contributed by atoms with Crippen molar-refractivity contribution in [3.63, 3.8) is 0 Å². The average Bonchev–Trinajstić information content (AvgIpc) is 2.92. The Morgan fingerprint density at radius 2 is 1.55 bits per heavy atom. The normalized spacial score (nSPS) is 10.7. The van der Waals surface area contributed by atoms with Crippen LogP contribution in [-0.4, -0.2) is 4.98 Å². The molecule has 0 saturated carbocycles. The SMILES string of the molecule is ClCc1oc(-c2ccccc2)nc1Cc1ccccc1. The molecular formula is C17H14ClNO. The van der Waals surface area contributed by atoms with E-state index in [1.165, 1.54) is 5.56 Å². The molecule has 2 aromatic carbocycles. The van der Waals surface area contributed by atoms with E-state index in [2.05, 4.69) is 17.1 Å². The summed E-state index contributed by atoms with van der Waals surface area (Å²) in [5, 5.41) is 0. The van der Waals surface area contributed by atoms with Crippen LogP contribution in [0.2, 0.25) is 0 Å². The van der Waals surface area contributed by atoms with Crippen molar-refractivity contribution in [2.24, 2.45) is 0 Å². The number of nitrogens with zero attached hydrogens (tertiary/aromatic N) is 1. The Kier molecular flexibility index (Phi) is 3.84. The van der Waals surface area contributed by atoms with Gasteiger partial charge in [0, 0.05) is 12.0 Å². The number of benzene rings is 2.